The van der Waals surface area contributed by atoms with Crippen LogP contribution in [0.1, 0.15) is 10.4 Å². The Bertz CT molecular complexity index is 494. The average molecular weight is 256 g/mol. The van der Waals surface area contributed by atoms with Crippen LogP contribution in [-0.2, 0) is 4.74 Å². The van der Waals surface area contributed by atoms with Crippen LogP contribution >= 0.6 is 15.9 Å². The zero-order chi connectivity index (χ0) is 10.1. The number of ether oxygens (including phenoxy) is 1. The van der Waals surface area contributed by atoms with E-state index in [2.05, 4.69) is 35.8 Å². The maximum atomic E-state index is 11.4. The van der Waals surface area contributed by atoms with Gasteiger partial charge in [0.25, 0.3) is 0 Å². The molecule has 0 aromatic carbocycles. The first-order valence-electron chi connectivity index (χ1n) is 3.81. The Morgan fingerprint density at radius 2 is 2.43 bits per heavy atom. The Kier molecular flexibility index (Phi) is 2.20. The molecule has 72 valence electrons. The van der Waals surface area contributed by atoms with Crippen molar-refractivity contribution in [2.75, 3.05) is 7.11 Å². The van der Waals surface area contributed by atoms with E-state index < -0.39 is 5.97 Å². The van der Waals surface area contributed by atoms with Gasteiger partial charge < -0.3 is 4.74 Å². The zero-order valence-corrected chi connectivity index (χ0v) is 8.83. The van der Waals surface area contributed by atoms with Gasteiger partial charge in [-0.15, -0.1) is 0 Å². The van der Waals surface area contributed by atoms with Gasteiger partial charge in [-0.1, -0.05) is 0 Å². The van der Waals surface area contributed by atoms with Crippen LogP contribution in [-0.4, -0.2) is 28.3 Å². The fraction of sp³-hybridized carbons (Fsp3) is 0.125. The summed E-state index contributed by atoms with van der Waals surface area (Å²) in [6, 6.07) is 1.59. The summed E-state index contributed by atoms with van der Waals surface area (Å²) < 4.78 is 5.27. The third-order valence-electron chi connectivity index (χ3n) is 1.82. The van der Waals surface area contributed by atoms with Gasteiger partial charge in [-0.25, -0.2) is 9.78 Å². The van der Waals surface area contributed by atoms with Gasteiger partial charge in [-0.3, -0.25) is 5.10 Å². The maximum absolute atomic E-state index is 11.4. The molecule has 2 rings (SSSR count). The van der Waals surface area contributed by atoms with Crippen molar-refractivity contribution < 1.29 is 9.53 Å². The second kappa shape index (κ2) is 3.38. The summed E-state index contributed by atoms with van der Waals surface area (Å²) in [6.07, 6.45) is 1.52. The fourth-order valence-electron chi connectivity index (χ4n) is 1.19. The number of hydrogen-bond donors (Lipinski definition) is 1. The molecule has 6 heteroatoms. The summed E-state index contributed by atoms with van der Waals surface area (Å²) in [5.41, 5.74) is 0.929. The molecule has 0 bridgehead atoms. The van der Waals surface area contributed by atoms with E-state index in [1.807, 2.05) is 0 Å². The molecule has 0 fully saturated rings. The first-order chi connectivity index (χ1) is 6.74. The van der Waals surface area contributed by atoms with Gasteiger partial charge in [0.2, 0.25) is 0 Å². The number of esters is 1. The van der Waals surface area contributed by atoms with E-state index in [0.29, 0.717) is 21.2 Å². The van der Waals surface area contributed by atoms with E-state index in [0.717, 1.165) is 0 Å². The number of aromatic nitrogens is 3. The lowest BCUT2D eigenvalue weighted by molar-refractivity contribution is 0.0603. The molecule has 0 aliphatic rings. The van der Waals surface area contributed by atoms with Crippen molar-refractivity contribution in [1.29, 1.82) is 0 Å². The summed E-state index contributed by atoms with van der Waals surface area (Å²) in [4.78, 5) is 15.4. The number of pyridine rings is 1. The van der Waals surface area contributed by atoms with Gasteiger partial charge in [0.1, 0.15) is 4.60 Å². The lowest BCUT2D eigenvalue weighted by atomic mass is 10.2. The first-order valence-corrected chi connectivity index (χ1v) is 4.60. The summed E-state index contributed by atoms with van der Waals surface area (Å²) >= 11 is 3.25. The highest BCUT2D eigenvalue weighted by molar-refractivity contribution is 9.10. The largest absolute Gasteiger partial charge is 0.465 e. The number of nitrogens with zero attached hydrogens (tertiary/aromatic N) is 2. The number of fused-ring (bicyclic) bond motifs is 1. The maximum Gasteiger partial charge on any atom is 0.338 e. The van der Waals surface area contributed by atoms with Crippen LogP contribution in [0, 0.1) is 0 Å². The van der Waals surface area contributed by atoms with Crippen molar-refractivity contribution in [3.05, 3.63) is 22.4 Å². The van der Waals surface area contributed by atoms with Crippen molar-refractivity contribution in [1.82, 2.24) is 15.2 Å². The number of methoxy groups -OCH3 is 1. The smallest absolute Gasteiger partial charge is 0.338 e. The van der Waals surface area contributed by atoms with Gasteiger partial charge in [0, 0.05) is 6.20 Å². The number of carbonyl (C=O) groups excluding carboxylic acids is 1. The predicted octanol–water partition coefficient (Wildman–Crippen LogP) is 1.51. The van der Waals surface area contributed by atoms with Crippen molar-refractivity contribution in [2.45, 2.75) is 0 Å². The molecule has 2 aromatic heterocycles. The summed E-state index contributed by atoms with van der Waals surface area (Å²) in [7, 11) is 1.34. The Morgan fingerprint density at radius 1 is 1.64 bits per heavy atom. The standard InChI is InChI=1S/C8H6BrN3O2/c1-14-8(13)4-2-3-10-7-5(4)6(9)11-12-7/h2-3H,1H3,(H,10,11,12). The van der Waals surface area contributed by atoms with Crippen LogP contribution in [0.25, 0.3) is 11.0 Å². The van der Waals surface area contributed by atoms with Gasteiger partial charge in [-0.2, -0.15) is 5.10 Å². The lowest BCUT2D eigenvalue weighted by Gasteiger charge is -1.99. The molecule has 2 heterocycles. The number of H-pyrrole nitrogens is 1. The highest BCUT2D eigenvalue weighted by atomic mass is 79.9. The molecule has 0 aliphatic carbocycles. The molecule has 0 atom stereocenters. The lowest BCUT2D eigenvalue weighted by Crippen LogP contribution is -2.02. The molecular weight excluding hydrogens is 250 g/mol. The van der Waals surface area contributed by atoms with Crippen molar-refractivity contribution in [2.24, 2.45) is 0 Å². The normalized spacial score (nSPS) is 10.4. The molecule has 0 radical (unpaired) electrons. The molecule has 5 nitrogen and oxygen atoms in total. The molecule has 0 spiro atoms. The molecule has 0 unspecified atom stereocenters. The van der Waals surface area contributed by atoms with Crippen LogP contribution < -0.4 is 0 Å². The summed E-state index contributed by atoms with van der Waals surface area (Å²) in [5, 5.41) is 7.24. The molecular formula is C8H6BrN3O2. The third-order valence-corrected chi connectivity index (χ3v) is 2.39. The molecule has 0 saturated carbocycles. The van der Waals surface area contributed by atoms with Gasteiger partial charge in [-0.05, 0) is 22.0 Å². The topological polar surface area (TPSA) is 67.9 Å². The van der Waals surface area contributed by atoms with Crippen LogP contribution in [0.3, 0.4) is 0 Å². The Morgan fingerprint density at radius 3 is 3.14 bits per heavy atom. The predicted molar refractivity (Wildman–Crippen MR) is 52.9 cm³/mol. The van der Waals surface area contributed by atoms with E-state index in [4.69, 9.17) is 0 Å². The average Bonchev–Trinajstić information content (AvgIpc) is 2.59. The molecule has 0 amide bonds. The number of halogens is 1. The van der Waals surface area contributed by atoms with Crippen molar-refractivity contribution >= 4 is 32.9 Å². The highest BCUT2D eigenvalue weighted by Crippen LogP contribution is 2.23. The van der Waals surface area contributed by atoms with Crippen LogP contribution in [0.15, 0.2) is 16.9 Å². The molecule has 2 aromatic rings. The number of hydrogen-bond acceptors (Lipinski definition) is 4. The summed E-state index contributed by atoms with van der Waals surface area (Å²) in [6.45, 7) is 0. The summed E-state index contributed by atoms with van der Waals surface area (Å²) in [5.74, 6) is -0.403. The fourth-order valence-corrected chi connectivity index (χ4v) is 1.67. The Labute approximate surface area is 87.6 Å². The number of rotatable bonds is 1. The molecule has 0 aliphatic heterocycles. The Hall–Kier alpha value is -1.43. The van der Waals surface area contributed by atoms with Gasteiger partial charge >= 0.3 is 5.97 Å². The molecule has 0 saturated heterocycles. The van der Waals surface area contributed by atoms with E-state index in [1.54, 1.807) is 6.07 Å². The van der Waals surface area contributed by atoms with E-state index in [9.17, 15) is 4.79 Å². The van der Waals surface area contributed by atoms with Gasteiger partial charge in [0.15, 0.2) is 5.65 Å². The minimum Gasteiger partial charge on any atom is -0.465 e. The second-order valence-corrected chi connectivity index (χ2v) is 3.38. The zero-order valence-electron chi connectivity index (χ0n) is 7.24. The number of nitrogens with one attached hydrogen (secondary N) is 1. The first kappa shape index (κ1) is 9.14. The van der Waals surface area contributed by atoms with E-state index >= 15 is 0 Å². The third kappa shape index (κ3) is 1.27. The molecule has 1 N–H and O–H groups in total. The van der Waals surface area contributed by atoms with E-state index in [-0.39, 0.29) is 0 Å². The van der Waals surface area contributed by atoms with Crippen LogP contribution in [0.2, 0.25) is 0 Å². The minimum absolute atomic E-state index is 0.403. The quantitative estimate of drug-likeness (QED) is 0.785. The second-order valence-electron chi connectivity index (χ2n) is 2.59. The van der Waals surface area contributed by atoms with Gasteiger partial charge in [0.05, 0.1) is 18.1 Å². The molecule has 14 heavy (non-hydrogen) atoms. The Balaban J connectivity index is 2.75. The number of carbonyl (C=O) groups is 1. The van der Waals surface area contributed by atoms with Crippen LogP contribution in [0.5, 0.6) is 0 Å². The minimum atomic E-state index is -0.403. The number of aromatic amines is 1. The SMILES string of the molecule is COC(=O)c1ccnc2n[nH]c(Br)c12. The van der Waals surface area contributed by atoms with E-state index in [1.165, 1.54) is 13.3 Å². The highest BCUT2D eigenvalue weighted by Gasteiger charge is 2.15. The van der Waals surface area contributed by atoms with Crippen molar-refractivity contribution in [3.8, 4) is 0 Å². The van der Waals surface area contributed by atoms with Crippen LogP contribution in [0.4, 0.5) is 0 Å². The van der Waals surface area contributed by atoms with Crippen molar-refractivity contribution in [3.63, 3.8) is 0 Å². The monoisotopic (exact) mass is 255 g/mol.